The first-order valence-electron chi connectivity index (χ1n) is 10.9. The largest absolute Gasteiger partial charge is 0.507 e. The molecule has 0 radical (unpaired) electrons. The molecule has 1 aromatic heterocycles. The van der Waals surface area contributed by atoms with E-state index < -0.39 is 0 Å². The molecule has 1 aliphatic heterocycles. The van der Waals surface area contributed by atoms with Crippen molar-refractivity contribution in [3.8, 4) is 22.8 Å². The Kier molecular flexibility index (Phi) is 6.19. The van der Waals surface area contributed by atoms with E-state index in [0.717, 1.165) is 28.0 Å². The summed E-state index contributed by atoms with van der Waals surface area (Å²) in [6.07, 6.45) is 0.714. The van der Waals surface area contributed by atoms with Crippen LogP contribution < -0.4 is 4.74 Å². The molecular weight excluding hydrogens is 406 g/mol. The summed E-state index contributed by atoms with van der Waals surface area (Å²) in [5, 5.41) is 18.2. The van der Waals surface area contributed by atoms with Crippen molar-refractivity contribution in [2.45, 2.75) is 33.2 Å². The first-order chi connectivity index (χ1) is 15.5. The Morgan fingerprint density at radius 3 is 2.75 bits per heavy atom. The Labute approximate surface area is 188 Å². The second-order valence-electron chi connectivity index (χ2n) is 8.09. The summed E-state index contributed by atoms with van der Waals surface area (Å²) in [5.41, 5.74) is 5.30. The second-order valence-corrected chi connectivity index (χ2v) is 8.09. The highest BCUT2D eigenvalue weighted by atomic mass is 16.5. The van der Waals surface area contributed by atoms with Crippen molar-refractivity contribution in [1.82, 2.24) is 15.1 Å². The molecule has 0 saturated heterocycles. The molecule has 3 aromatic rings. The van der Waals surface area contributed by atoms with Gasteiger partial charge >= 0.3 is 0 Å². The van der Waals surface area contributed by atoms with E-state index in [-0.39, 0.29) is 17.7 Å². The normalized spacial score (nSPS) is 15.3. The molecule has 32 heavy (non-hydrogen) atoms. The van der Waals surface area contributed by atoms with Crippen LogP contribution in [0.3, 0.4) is 0 Å². The van der Waals surface area contributed by atoms with E-state index in [9.17, 15) is 9.90 Å². The number of rotatable bonds is 8. The molecule has 1 amide bonds. The van der Waals surface area contributed by atoms with Gasteiger partial charge in [-0.15, -0.1) is 0 Å². The molecule has 0 spiro atoms. The SMILES string of the molecule is CCOc1cccc(C2c3c(-c4c(C)cc(C)cc4O)n[nH]c3C(=O)N2CCCOC)c1. The molecular formula is C25H29N3O4. The zero-order valence-corrected chi connectivity index (χ0v) is 18.9. The Balaban J connectivity index is 1.87. The highest BCUT2D eigenvalue weighted by Gasteiger charge is 2.42. The summed E-state index contributed by atoms with van der Waals surface area (Å²) in [7, 11) is 1.66. The van der Waals surface area contributed by atoms with E-state index in [1.165, 1.54) is 0 Å². The summed E-state index contributed by atoms with van der Waals surface area (Å²) in [4.78, 5) is 15.2. The van der Waals surface area contributed by atoms with Gasteiger partial charge in [0.1, 0.15) is 22.9 Å². The van der Waals surface area contributed by atoms with Gasteiger partial charge in [-0.2, -0.15) is 5.10 Å². The number of nitrogens with zero attached hydrogens (tertiary/aromatic N) is 2. The number of carbonyl (C=O) groups is 1. The smallest absolute Gasteiger partial charge is 0.273 e. The van der Waals surface area contributed by atoms with E-state index in [2.05, 4.69) is 10.2 Å². The molecule has 0 aliphatic carbocycles. The minimum absolute atomic E-state index is 0.106. The quantitative estimate of drug-likeness (QED) is 0.513. The van der Waals surface area contributed by atoms with Crippen LogP contribution in [0.25, 0.3) is 11.3 Å². The molecule has 0 saturated carbocycles. The maximum atomic E-state index is 13.4. The fraction of sp³-hybridized carbons (Fsp3) is 0.360. The molecule has 1 aliphatic rings. The van der Waals surface area contributed by atoms with E-state index in [4.69, 9.17) is 9.47 Å². The highest BCUT2D eigenvalue weighted by Crippen LogP contribution is 2.46. The molecule has 168 valence electrons. The number of ether oxygens (including phenoxy) is 2. The van der Waals surface area contributed by atoms with E-state index >= 15 is 0 Å². The predicted molar refractivity (Wildman–Crippen MR) is 122 cm³/mol. The summed E-state index contributed by atoms with van der Waals surface area (Å²) < 4.78 is 10.9. The number of aromatic hydroxyl groups is 1. The van der Waals surface area contributed by atoms with Gasteiger partial charge in [0.15, 0.2) is 0 Å². The zero-order chi connectivity index (χ0) is 22.8. The minimum atomic E-state index is -0.344. The number of nitrogens with one attached hydrogen (secondary N) is 1. The Hall–Kier alpha value is -3.32. The fourth-order valence-electron chi connectivity index (χ4n) is 4.54. The third kappa shape index (κ3) is 3.84. The van der Waals surface area contributed by atoms with E-state index in [1.54, 1.807) is 13.2 Å². The molecule has 4 rings (SSSR count). The summed E-state index contributed by atoms with van der Waals surface area (Å²) in [6, 6.07) is 11.2. The summed E-state index contributed by atoms with van der Waals surface area (Å²) in [6.45, 7) is 7.49. The van der Waals surface area contributed by atoms with Gasteiger partial charge in [-0.25, -0.2) is 0 Å². The van der Waals surface area contributed by atoms with Gasteiger partial charge in [0.05, 0.1) is 12.6 Å². The molecule has 0 bridgehead atoms. The van der Waals surface area contributed by atoms with Gasteiger partial charge in [0.25, 0.3) is 5.91 Å². The predicted octanol–water partition coefficient (Wildman–Crippen LogP) is 4.38. The number of fused-ring (bicyclic) bond motifs is 1. The molecule has 2 heterocycles. The number of aromatic nitrogens is 2. The van der Waals surface area contributed by atoms with Crippen LogP contribution in [-0.2, 0) is 4.74 Å². The number of benzene rings is 2. The van der Waals surface area contributed by atoms with Crippen LogP contribution in [0.5, 0.6) is 11.5 Å². The highest BCUT2D eigenvalue weighted by molar-refractivity contribution is 6.00. The van der Waals surface area contributed by atoms with E-state index in [0.29, 0.717) is 43.1 Å². The fourth-order valence-corrected chi connectivity index (χ4v) is 4.54. The average Bonchev–Trinajstić information content (AvgIpc) is 3.28. The zero-order valence-electron chi connectivity index (χ0n) is 18.9. The number of H-pyrrole nitrogens is 1. The van der Waals surface area contributed by atoms with Gasteiger partial charge in [-0.1, -0.05) is 18.2 Å². The van der Waals surface area contributed by atoms with Gasteiger partial charge in [-0.3, -0.25) is 9.89 Å². The van der Waals surface area contributed by atoms with Gasteiger partial charge in [0, 0.05) is 31.4 Å². The first kappa shape index (κ1) is 21.9. The van der Waals surface area contributed by atoms with Crippen molar-refractivity contribution in [2.75, 3.05) is 26.9 Å². The van der Waals surface area contributed by atoms with Crippen molar-refractivity contribution in [3.05, 3.63) is 64.3 Å². The Bertz CT molecular complexity index is 1110. The topological polar surface area (TPSA) is 87.7 Å². The number of hydrogen-bond donors (Lipinski definition) is 2. The number of amides is 1. The van der Waals surface area contributed by atoms with Crippen LogP contribution in [0.2, 0.25) is 0 Å². The number of hydrogen-bond acceptors (Lipinski definition) is 5. The lowest BCUT2D eigenvalue weighted by Crippen LogP contribution is -2.31. The van der Waals surface area contributed by atoms with Crippen LogP contribution in [0.15, 0.2) is 36.4 Å². The number of methoxy groups -OCH3 is 1. The van der Waals surface area contributed by atoms with Crippen molar-refractivity contribution in [3.63, 3.8) is 0 Å². The van der Waals surface area contributed by atoms with Crippen LogP contribution >= 0.6 is 0 Å². The summed E-state index contributed by atoms with van der Waals surface area (Å²) >= 11 is 0. The van der Waals surface area contributed by atoms with Gasteiger partial charge in [0.2, 0.25) is 0 Å². The van der Waals surface area contributed by atoms with Crippen molar-refractivity contribution in [2.24, 2.45) is 0 Å². The van der Waals surface area contributed by atoms with Crippen LogP contribution in [0.4, 0.5) is 0 Å². The molecule has 2 N–H and O–H groups in total. The number of aryl methyl sites for hydroxylation is 2. The third-order valence-electron chi connectivity index (χ3n) is 5.79. The number of phenols is 1. The Morgan fingerprint density at radius 1 is 1.22 bits per heavy atom. The lowest BCUT2D eigenvalue weighted by Gasteiger charge is -2.27. The lowest BCUT2D eigenvalue weighted by molar-refractivity contribution is 0.0723. The van der Waals surface area contributed by atoms with Crippen LogP contribution in [0.1, 0.15) is 52.1 Å². The van der Waals surface area contributed by atoms with Gasteiger partial charge < -0.3 is 19.5 Å². The van der Waals surface area contributed by atoms with Crippen molar-refractivity contribution < 1.29 is 19.4 Å². The molecule has 7 heteroatoms. The third-order valence-corrected chi connectivity index (χ3v) is 5.79. The molecule has 7 nitrogen and oxygen atoms in total. The number of carbonyl (C=O) groups excluding carboxylic acids is 1. The molecule has 2 aromatic carbocycles. The average molecular weight is 436 g/mol. The maximum absolute atomic E-state index is 13.4. The molecule has 1 unspecified atom stereocenters. The second kappa shape index (κ2) is 9.04. The van der Waals surface area contributed by atoms with Gasteiger partial charge in [-0.05, 0) is 62.1 Å². The van der Waals surface area contributed by atoms with Crippen LogP contribution in [-0.4, -0.2) is 53.0 Å². The Morgan fingerprint density at radius 2 is 2.03 bits per heavy atom. The summed E-state index contributed by atoms with van der Waals surface area (Å²) in [5.74, 6) is 0.803. The monoisotopic (exact) mass is 435 g/mol. The number of phenolic OH excluding ortho intramolecular Hbond substituents is 1. The maximum Gasteiger partial charge on any atom is 0.273 e. The lowest BCUT2D eigenvalue weighted by atomic mass is 9.93. The van der Waals surface area contributed by atoms with E-state index in [1.807, 2.05) is 56.0 Å². The molecule has 1 atom stereocenters. The van der Waals surface area contributed by atoms with Crippen molar-refractivity contribution in [1.29, 1.82) is 0 Å². The van der Waals surface area contributed by atoms with Crippen LogP contribution in [0, 0.1) is 13.8 Å². The molecule has 0 fully saturated rings. The first-order valence-corrected chi connectivity index (χ1v) is 10.9. The minimum Gasteiger partial charge on any atom is -0.507 e. The van der Waals surface area contributed by atoms with Crippen molar-refractivity contribution >= 4 is 5.91 Å². The number of aromatic amines is 1. The standard InChI is InChI=1S/C25H29N3O4/c1-5-32-18-9-6-8-17(14-18)24-21-22(20-16(3)12-15(2)13-19(20)29)26-27-23(21)25(30)28(24)10-7-11-31-4/h6,8-9,12-14,24,29H,5,7,10-11H2,1-4H3,(H,26,27).